The molecule has 5 atom stereocenters. The van der Waals surface area contributed by atoms with Crippen LogP contribution in [0.2, 0.25) is 0 Å². The first-order chi connectivity index (χ1) is 14.4. The maximum atomic E-state index is 10.4. The fourth-order valence-electron chi connectivity index (χ4n) is 3.77. The summed E-state index contributed by atoms with van der Waals surface area (Å²) >= 11 is 0. The van der Waals surface area contributed by atoms with Crippen LogP contribution in [0.4, 0.5) is 11.8 Å². The van der Waals surface area contributed by atoms with Gasteiger partial charge in [-0.2, -0.15) is 9.97 Å². The molecule has 3 heterocycles. The van der Waals surface area contributed by atoms with Crippen molar-refractivity contribution in [3.8, 4) is 0 Å². The third kappa shape index (κ3) is 4.30. The topological polar surface area (TPSA) is 143 Å². The Hall–Kier alpha value is -2.50. The Morgan fingerprint density at radius 2 is 1.90 bits per heavy atom. The molecule has 0 spiro atoms. The summed E-state index contributed by atoms with van der Waals surface area (Å²) < 4.78 is 7.12. The highest BCUT2D eigenvalue weighted by molar-refractivity contribution is 5.85. The summed E-state index contributed by atoms with van der Waals surface area (Å²) in [5.74, 6) is 0.859. The predicted molar refractivity (Wildman–Crippen MR) is 118 cm³/mol. The fraction of sp³-hybridized carbons (Fsp3) is 0.450. The fourth-order valence-corrected chi connectivity index (χ4v) is 3.77. The van der Waals surface area contributed by atoms with E-state index in [0.29, 0.717) is 23.7 Å². The van der Waals surface area contributed by atoms with E-state index in [2.05, 4.69) is 34.0 Å². The van der Waals surface area contributed by atoms with Gasteiger partial charge in [-0.05, 0) is 11.5 Å². The number of anilines is 2. The Labute approximate surface area is 185 Å². The summed E-state index contributed by atoms with van der Waals surface area (Å²) in [5.41, 5.74) is 8.08. The lowest BCUT2D eigenvalue weighted by molar-refractivity contribution is -0.0511. The number of nitrogens with two attached hydrogens (primary N) is 1. The zero-order valence-electron chi connectivity index (χ0n) is 17.2. The largest absolute Gasteiger partial charge is 0.394 e. The molecule has 1 saturated heterocycles. The van der Waals surface area contributed by atoms with Crippen LogP contribution in [0, 0.1) is 0 Å². The number of likely N-dealkylation sites (N-methyl/N-ethyl adjacent to an activating group) is 1. The molecule has 168 valence electrons. The standard InChI is InChI=1S/C20H26N6O4.ClH/c1-11(12-6-4-3-5-7-12)8-25(2)20-23-17(21)14-18(24-20)26(10-22-14)19-16(29)15(28)13(9-27)30-19;/h3-7,10-11,13,15-16,19,27-29H,8-9H2,1-2H3,(H2,21,23,24);1H/t11?,13-,15?,16?,19-;/m1./s1. The van der Waals surface area contributed by atoms with Crippen LogP contribution in [0.15, 0.2) is 36.7 Å². The summed E-state index contributed by atoms with van der Waals surface area (Å²) in [6, 6.07) is 10.1. The number of nitrogen functional groups attached to an aromatic ring is 1. The van der Waals surface area contributed by atoms with Gasteiger partial charge in [-0.3, -0.25) is 4.57 Å². The molecule has 1 fully saturated rings. The van der Waals surface area contributed by atoms with Gasteiger partial charge in [0, 0.05) is 13.6 Å². The second-order valence-corrected chi connectivity index (χ2v) is 7.65. The monoisotopic (exact) mass is 450 g/mol. The molecule has 0 bridgehead atoms. The van der Waals surface area contributed by atoms with Crippen molar-refractivity contribution in [1.29, 1.82) is 0 Å². The summed E-state index contributed by atoms with van der Waals surface area (Å²) in [5, 5.41) is 29.8. The van der Waals surface area contributed by atoms with Crippen molar-refractivity contribution in [2.75, 3.05) is 30.8 Å². The Morgan fingerprint density at radius 1 is 1.19 bits per heavy atom. The summed E-state index contributed by atoms with van der Waals surface area (Å²) in [7, 11) is 1.88. The van der Waals surface area contributed by atoms with Crippen molar-refractivity contribution >= 4 is 35.3 Å². The second-order valence-electron chi connectivity index (χ2n) is 7.65. The average Bonchev–Trinajstić information content (AvgIpc) is 3.30. The SMILES string of the molecule is CC(CN(C)c1nc(N)c2ncn([C@@H]3O[C@H](CO)C(O)C3O)c2n1)c1ccccc1.Cl. The quantitative estimate of drug-likeness (QED) is 0.426. The molecule has 31 heavy (non-hydrogen) atoms. The number of benzene rings is 1. The number of ether oxygens (including phenoxy) is 1. The maximum absolute atomic E-state index is 10.4. The number of hydrogen-bond donors (Lipinski definition) is 4. The number of aromatic nitrogens is 4. The van der Waals surface area contributed by atoms with Crippen molar-refractivity contribution in [2.24, 2.45) is 0 Å². The second kappa shape index (κ2) is 9.33. The lowest BCUT2D eigenvalue weighted by Crippen LogP contribution is -2.33. The number of imidazole rings is 1. The van der Waals surface area contributed by atoms with E-state index < -0.39 is 31.1 Å². The highest BCUT2D eigenvalue weighted by Gasteiger charge is 2.44. The van der Waals surface area contributed by atoms with Crippen LogP contribution in [-0.2, 0) is 4.74 Å². The van der Waals surface area contributed by atoms with Crippen molar-refractivity contribution in [2.45, 2.75) is 37.4 Å². The van der Waals surface area contributed by atoms with E-state index in [9.17, 15) is 15.3 Å². The van der Waals surface area contributed by atoms with E-state index >= 15 is 0 Å². The minimum absolute atomic E-state index is 0. The first kappa shape index (κ1) is 23.2. The molecule has 2 aromatic heterocycles. The minimum Gasteiger partial charge on any atom is -0.394 e. The minimum atomic E-state index is -1.24. The van der Waals surface area contributed by atoms with E-state index in [1.807, 2.05) is 30.1 Å². The Kier molecular flexibility index (Phi) is 6.97. The van der Waals surface area contributed by atoms with Gasteiger partial charge in [-0.15, -0.1) is 12.4 Å². The third-order valence-corrected chi connectivity index (χ3v) is 5.49. The van der Waals surface area contributed by atoms with Gasteiger partial charge in [0.05, 0.1) is 12.9 Å². The maximum Gasteiger partial charge on any atom is 0.229 e. The normalized spacial score (nSPS) is 24.2. The lowest BCUT2D eigenvalue weighted by atomic mass is 10.0. The first-order valence-corrected chi connectivity index (χ1v) is 9.79. The molecule has 0 amide bonds. The van der Waals surface area contributed by atoms with Gasteiger partial charge in [0.25, 0.3) is 0 Å². The van der Waals surface area contributed by atoms with E-state index in [-0.39, 0.29) is 24.1 Å². The van der Waals surface area contributed by atoms with E-state index in [1.165, 1.54) is 16.5 Å². The van der Waals surface area contributed by atoms with Crippen molar-refractivity contribution < 1.29 is 20.1 Å². The molecule has 0 radical (unpaired) electrons. The Morgan fingerprint density at radius 3 is 2.55 bits per heavy atom. The first-order valence-electron chi connectivity index (χ1n) is 9.79. The summed E-state index contributed by atoms with van der Waals surface area (Å²) in [6.45, 7) is 2.37. The number of fused-ring (bicyclic) bond motifs is 1. The van der Waals surface area contributed by atoms with Gasteiger partial charge in [0.15, 0.2) is 17.7 Å². The molecule has 0 aliphatic carbocycles. The van der Waals surface area contributed by atoms with E-state index in [0.717, 1.165) is 0 Å². The van der Waals surface area contributed by atoms with Crippen molar-refractivity contribution in [3.63, 3.8) is 0 Å². The van der Waals surface area contributed by atoms with Crippen LogP contribution >= 0.6 is 12.4 Å². The number of rotatable bonds is 6. The smallest absolute Gasteiger partial charge is 0.229 e. The van der Waals surface area contributed by atoms with Gasteiger partial charge >= 0.3 is 0 Å². The molecule has 1 aliphatic rings. The molecule has 1 aliphatic heterocycles. The van der Waals surface area contributed by atoms with Crippen LogP contribution < -0.4 is 10.6 Å². The highest BCUT2D eigenvalue weighted by atomic mass is 35.5. The van der Waals surface area contributed by atoms with Crippen molar-refractivity contribution in [1.82, 2.24) is 19.5 Å². The van der Waals surface area contributed by atoms with Gasteiger partial charge in [0.1, 0.15) is 23.8 Å². The average molecular weight is 451 g/mol. The predicted octanol–water partition coefficient (Wildman–Crippen LogP) is 0.682. The molecular formula is C20H27ClN6O4. The molecule has 10 nitrogen and oxygen atoms in total. The molecule has 1 aromatic carbocycles. The van der Waals surface area contributed by atoms with E-state index in [1.54, 1.807) is 0 Å². The third-order valence-electron chi connectivity index (χ3n) is 5.49. The number of halogens is 1. The zero-order chi connectivity index (χ0) is 21.4. The number of nitrogens with zero attached hydrogens (tertiary/aromatic N) is 5. The van der Waals surface area contributed by atoms with E-state index in [4.69, 9.17) is 10.5 Å². The molecule has 11 heteroatoms. The molecule has 0 saturated carbocycles. The molecular weight excluding hydrogens is 424 g/mol. The summed E-state index contributed by atoms with van der Waals surface area (Å²) in [6.07, 6.45) is -2.86. The number of hydrogen-bond acceptors (Lipinski definition) is 9. The Bertz CT molecular complexity index is 1020. The zero-order valence-corrected chi connectivity index (χ0v) is 18.1. The van der Waals surface area contributed by atoms with Crippen molar-refractivity contribution in [3.05, 3.63) is 42.2 Å². The number of aliphatic hydroxyl groups is 3. The molecule has 3 aromatic rings. The van der Waals surface area contributed by atoms with Gasteiger partial charge in [0.2, 0.25) is 5.95 Å². The van der Waals surface area contributed by atoms with Crippen LogP contribution in [0.5, 0.6) is 0 Å². The van der Waals surface area contributed by atoms with Gasteiger partial charge in [-0.1, -0.05) is 37.3 Å². The summed E-state index contributed by atoms with van der Waals surface area (Å²) in [4.78, 5) is 15.1. The van der Waals surface area contributed by atoms with Crippen LogP contribution in [0.1, 0.15) is 24.6 Å². The van der Waals surface area contributed by atoms with Gasteiger partial charge in [-0.25, -0.2) is 4.98 Å². The van der Waals surface area contributed by atoms with Crippen LogP contribution in [-0.4, -0.2) is 73.3 Å². The van der Waals surface area contributed by atoms with Crippen LogP contribution in [0.25, 0.3) is 11.2 Å². The highest BCUT2D eigenvalue weighted by Crippen LogP contribution is 2.32. The molecule has 4 rings (SSSR count). The van der Waals surface area contributed by atoms with Crippen LogP contribution in [0.3, 0.4) is 0 Å². The molecule has 3 unspecified atom stereocenters. The lowest BCUT2D eigenvalue weighted by Gasteiger charge is -2.22. The Balaban J connectivity index is 0.00000272. The molecule has 5 N–H and O–H groups in total. The number of aliphatic hydroxyl groups excluding tert-OH is 3. The van der Waals surface area contributed by atoms with Gasteiger partial charge < -0.3 is 30.7 Å².